The number of halogens is 1. The number of para-hydroxylation sites is 1. The van der Waals surface area contributed by atoms with Gasteiger partial charge in [-0.1, -0.05) is 23.7 Å². The van der Waals surface area contributed by atoms with E-state index in [9.17, 15) is 9.59 Å². The van der Waals surface area contributed by atoms with Crippen molar-refractivity contribution in [2.45, 2.75) is 19.4 Å². The molecule has 0 aliphatic rings. The van der Waals surface area contributed by atoms with Gasteiger partial charge in [0, 0.05) is 6.07 Å². The molecule has 2 aromatic carbocycles. The fourth-order valence-electron chi connectivity index (χ4n) is 2.21. The molecule has 0 radical (unpaired) electrons. The topological polar surface area (TPSA) is 86.0 Å². The number of fused-ring (bicyclic) bond motifs is 1. The van der Waals surface area contributed by atoms with Crippen LogP contribution in [-0.4, -0.2) is 16.7 Å². The summed E-state index contributed by atoms with van der Waals surface area (Å²) in [6, 6.07) is 11.2. The number of ether oxygens (including phenoxy) is 2. The van der Waals surface area contributed by atoms with Crippen LogP contribution in [0.3, 0.4) is 0 Å². The molecule has 1 N–H and O–H groups in total. The molecule has 26 heavy (non-hydrogen) atoms. The molecule has 1 heterocycles. The monoisotopic (exact) mass is 374 g/mol. The molecule has 0 bridgehead atoms. The van der Waals surface area contributed by atoms with Crippen LogP contribution in [0.5, 0.6) is 17.2 Å². The molecule has 0 saturated carbocycles. The fraction of sp³-hybridized carbons (Fsp3) is 0.158. The maximum atomic E-state index is 12.6. The third-order valence-corrected chi connectivity index (χ3v) is 3.97. The van der Waals surface area contributed by atoms with Crippen LogP contribution in [-0.2, 0) is 4.79 Å². The van der Waals surface area contributed by atoms with Gasteiger partial charge in [0.05, 0.1) is 10.4 Å². The van der Waals surface area contributed by atoms with E-state index in [0.29, 0.717) is 10.8 Å². The maximum Gasteiger partial charge on any atom is 0.347 e. The van der Waals surface area contributed by atoms with Gasteiger partial charge in [0.25, 0.3) is 0 Å². The Morgan fingerprint density at radius 2 is 1.88 bits per heavy atom. The summed E-state index contributed by atoms with van der Waals surface area (Å²) in [5.74, 6) is -0.510. The van der Waals surface area contributed by atoms with E-state index in [1.807, 2.05) is 0 Å². The number of carboxylic acid groups (broad SMARTS) is 1. The van der Waals surface area contributed by atoms with Gasteiger partial charge in [0.1, 0.15) is 23.3 Å². The number of hydrogen-bond donors (Lipinski definition) is 1. The van der Waals surface area contributed by atoms with Gasteiger partial charge in [-0.3, -0.25) is 4.79 Å². The molecule has 0 atom stereocenters. The smallest absolute Gasteiger partial charge is 0.347 e. The van der Waals surface area contributed by atoms with Crippen LogP contribution in [0.15, 0.2) is 57.9 Å². The molecule has 0 fully saturated rings. The van der Waals surface area contributed by atoms with Crippen LogP contribution in [0.2, 0.25) is 5.02 Å². The molecule has 3 aromatic rings. The molecule has 1 aromatic heterocycles. The van der Waals surface area contributed by atoms with Gasteiger partial charge >= 0.3 is 5.97 Å². The molecule has 0 aliphatic heterocycles. The first-order valence-corrected chi connectivity index (χ1v) is 8.06. The summed E-state index contributed by atoms with van der Waals surface area (Å²) in [6.45, 7) is 2.85. The quantitative estimate of drug-likeness (QED) is 0.708. The van der Waals surface area contributed by atoms with E-state index in [1.54, 1.807) is 24.3 Å². The van der Waals surface area contributed by atoms with Crippen molar-refractivity contribution in [3.8, 4) is 17.2 Å². The van der Waals surface area contributed by atoms with Crippen LogP contribution in [0.1, 0.15) is 13.8 Å². The van der Waals surface area contributed by atoms with E-state index < -0.39 is 11.6 Å². The largest absolute Gasteiger partial charge is 0.478 e. The standard InChI is InChI=1S/C19H15ClO6/c1-19(2,18(22)23)26-11-7-8-12-15(9-11)24-10-16(17(12)21)25-14-6-4-3-5-13(14)20/h3-10H,1-2H3,(H,22,23). The first kappa shape index (κ1) is 17.8. The predicted octanol–water partition coefficient (Wildman–Crippen LogP) is 4.48. The van der Waals surface area contributed by atoms with Gasteiger partial charge in [0.15, 0.2) is 5.60 Å². The summed E-state index contributed by atoms with van der Waals surface area (Å²) in [4.78, 5) is 23.7. The minimum absolute atomic E-state index is 0.00914. The van der Waals surface area contributed by atoms with Crippen LogP contribution in [0.25, 0.3) is 11.0 Å². The van der Waals surface area contributed by atoms with E-state index >= 15 is 0 Å². The van der Waals surface area contributed by atoms with Gasteiger partial charge in [-0.2, -0.15) is 0 Å². The molecule has 6 nitrogen and oxygen atoms in total. The van der Waals surface area contributed by atoms with E-state index in [-0.39, 0.29) is 27.9 Å². The summed E-state index contributed by atoms with van der Waals surface area (Å²) < 4.78 is 16.4. The molecule has 7 heteroatoms. The third kappa shape index (κ3) is 3.50. The zero-order chi connectivity index (χ0) is 18.9. The van der Waals surface area contributed by atoms with E-state index in [2.05, 4.69) is 0 Å². The second kappa shape index (κ2) is 6.72. The second-order valence-electron chi connectivity index (χ2n) is 6.04. The lowest BCUT2D eigenvalue weighted by atomic mass is 10.1. The highest BCUT2D eigenvalue weighted by Crippen LogP contribution is 2.29. The van der Waals surface area contributed by atoms with Crippen molar-refractivity contribution in [3.05, 3.63) is 64.0 Å². The summed E-state index contributed by atoms with van der Waals surface area (Å²) in [5.41, 5.74) is -1.54. The summed E-state index contributed by atoms with van der Waals surface area (Å²) in [5, 5.41) is 9.77. The van der Waals surface area contributed by atoms with Crippen LogP contribution in [0, 0.1) is 0 Å². The average molecular weight is 375 g/mol. The zero-order valence-electron chi connectivity index (χ0n) is 14.0. The number of carboxylic acids is 1. The zero-order valence-corrected chi connectivity index (χ0v) is 14.7. The highest BCUT2D eigenvalue weighted by Gasteiger charge is 2.29. The molecule has 0 aliphatic carbocycles. The van der Waals surface area contributed by atoms with E-state index in [1.165, 1.54) is 38.3 Å². The summed E-state index contributed by atoms with van der Waals surface area (Å²) in [6.07, 6.45) is 1.18. The number of hydrogen-bond acceptors (Lipinski definition) is 5. The summed E-state index contributed by atoms with van der Waals surface area (Å²) in [7, 11) is 0. The predicted molar refractivity (Wildman–Crippen MR) is 96.4 cm³/mol. The number of aliphatic carboxylic acids is 1. The number of rotatable bonds is 5. The lowest BCUT2D eigenvalue weighted by Gasteiger charge is -2.21. The first-order valence-electron chi connectivity index (χ1n) is 7.68. The Balaban J connectivity index is 1.96. The van der Waals surface area contributed by atoms with Gasteiger partial charge < -0.3 is 19.0 Å². The first-order chi connectivity index (χ1) is 12.3. The van der Waals surface area contributed by atoms with Gasteiger partial charge in [-0.25, -0.2) is 4.79 Å². The molecule has 0 amide bonds. The molecule has 0 unspecified atom stereocenters. The van der Waals surface area contributed by atoms with Crippen LogP contribution < -0.4 is 14.9 Å². The highest BCUT2D eigenvalue weighted by atomic mass is 35.5. The Bertz CT molecular complexity index is 1040. The molecule has 134 valence electrons. The van der Waals surface area contributed by atoms with Gasteiger partial charge in [-0.15, -0.1) is 0 Å². The van der Waals surface area contributed by atoms with Crippen molar-refractivity contribution in [3.63, 3.8) is 0 Å². The minimum Gasteiger partial charge on any atom is -0.478 e. The van der Waals surface area contributed by atoms with Crippen molar-refractivity contribution < 1.29 is 23.8 Å². The third-order valence-electron chi connectivity index (χ3n) is 3.66. The average Bonchev–Trinajstić information content (AvgIpc) is 2.59. The Hall–Kier alpha value is -2.99. The maximum absolute atomic E-state index is 12.6. The molecule has 0 spiro atoms. The number of carbonyl (C=O) groups is 1. The highest BCUT2D eigenvalue weighted by molar-refractivity contribution is 6.32. The molecular weight excluding hydrogens is 360 g/mol. The lowest BCUT2D eigenvalue weighted by molar-refractivity contribution is -0.152. The summed E-state index contributed by atoms with van der Waals surface area (Å²) >= 11 is 6.03. The van der Waals surface area contributed by atoms with E-state index in [0.717, 1.165) is 0 Å². The Morgan fingerprint density at radius 3 is 2.58 bits per heavy atom. The van der Waals surface area contributed by atoms with Crippen molar-refractivity contribution in [1.29, 1.82) is 0 Å². The number of benzene rings is 2. The lowest BCUT2D eigenvalue weighted by Crippen LogP contribution is -2.37. The van der Waals surface area contributed by atoms with Crippen molar-refractivity contribution in [2.75, 3.05) is 0 Å². The van der Waals surface area contributed by atoms with Crippen LogP contribution >= 0.6 is 11.6 Å². The van der Waals surface area contributed by atoms with Crippen molar-refractivity contribution >= 4 is 28.5 Å². The van der Waals surface area contributed by atoms with Crippen molar-refractivity contribution in [1.82, 2.24) is 0 Å². The normalized spacial score (nSPS) is 11.3. The Kier molecular flexibility index (Phi) is 4.61. The van der Waals surface area contributed by atoms with Gasteiger partial charge in [0.2, 0.25) is 11.2 Å². The minimum atomic E-state index is -1.42. The van der Waals surface area contributed by atoms with Crippen molar-refractivity contribution in [2.24, 2.45) is 0 Å². The van der Waals surface area contributed by atoms with Crippen LogP contribution in [0.4, 0.5) is 0 Å². The SMILES string of the molecule is CC(C)(Oc1ccc2c(=O)c(Oc3ccccc3Cl)coc2c1)C(=O)O. The van der Waals surface area contributed by atoms with E-state index in [4.69, 9.17) is 30.6 Å². The Labute approximate surface area is 153 Å². The molecular formula is C19H15ClO6. The van der Waals surface area contributed by atoms with Gasteiger partial charge in [-0.05, 0) is 38.1 Å². The molecule has 3 rings (SSSR count). The fourth-order valence-corrected chi connectivity index (χ4v) is 2.38. The Morgan fingerprint density at radius 1 is 1.15 bits per heavy atom. The molecule has 0 saturated heterocycles. The second-order valence-corrected chi connectivity index (χ2v) is 6.44.